The minimum Gasteiger partial charge on any atom is -0.384 e. The van der Waals surface area contributed by atoms with E-state index in [1.165, 1.54) is 0 Å². The van der Waals surface area contributed by atoms with Crippen LogP contribution < -0.4 is 5.32 Å². The van der Waals surface area contributed by atoms with Crippen LogP contribution in [0.5, 0.6) is 0 Å². The number of nitrogens with one attached hydrogen (secondary N) is 1. The number of hydrogen-bond donors (Lipinski definition) is 1. The minimum atomic E-state index is 0.149. The molecule has 1 aromatic rings. The standard InChI is InChI=1S/C11H18BrN3O2/c1-7(5-16-3)10-14-8(6-17-4)9(12)11(13-2)15-10/h7H,5-6H2,1-4H3,(H,13,14,15). The van der Waals surface area contributed by atoms with Crippen molar-refractivity contribution < 1.29 is 9.47 Å². The van der Waals surface area contributed by atoms with E-state index in [1.807, 2.05) is 14.0 Å². The fourth-order valence-corrected chi connectivity index (χ4v) is 1.95. The van der Waals surface area contributed by atoms with Crippen molar-refractivity contribution >= 4 is 21.7 Å². The van der Waals surface area contributed by atoms with Crippen LogP contribution in [0.3, 0.4) is 0 Å². The first-order valence-corrected chi connectivity index (χ1v) is 6.15. The molecule has 0 bridgehead atoms. The fourth-order valence-electron chi connectivity index (χ4n) is 1.46. The maximum Gasteiger partial charge on any atom is 0.144 e. The fraction of sp³-hybridized carbons (Fsp3) is 0.636. The first-order valence-electron chi connectivity index (χ1n) is 5.36. The first kappa shape index (κ1) is 14.3. The lowest BCUT2D eigenvalue weighted by atomic mass is 10.2. The molecule has 0 saturated heterocycles. The number of aromatic nitrogens is 2. The first-order chi connectivity index (χ1) is 8.13. The van der Waals surface area contributed by atoms with E-state index in [-0.39, 0.29) is 5.92 Å². The molecule has 0 aliphatic carbocycles. The third-order valence-corrected chi connectivity index (χ3v) is 3.15. The van der Waals surface area contributed by atoms with Crippen LogP contribution in [0, 0.1) is 0 Å². The van der Waals surface area contributed by atoms with Crippen LogP contribution in [0.25, 0.3) is 0 Å². The molecular formula is C11H18BrN3O2. The van der Waals surface area contributed by atoms with Gasteiger partial charge in [-0.1, -0.05) is 6.92 Å². The lowest BCUT2D eigenvalue weighted by Crippen LogP contribution is -2.12. The van der Waals surface area contributed by atoms with E-state index in [4.69, 9.17) is 9.47 Å². The van der Waals surface area contributed by atoms with E-state index in [0.717, 1.165) is 21.8 Å². The minimum absolute atomic E-state index is 0.149. The third-order valence-electron chi connectivity index (χ3n) is 2.31. The Morgan fingerprint density at radius 1 is 1.29 bits per heavy atom. The molecule has 0 saturated carbocycles. The van der Waals surface area contributed by atoms with Crippen molar-refractivity contribution in [2.45, 2.75) is 19.4 Å². The van der Waals surface area contributed by atoms with Gasteiger partial charge in [-0.05, 0) is 15.9 Å². The number of hydrogen-bond acceptors (Lipinski definition) is 5. The van der Waals surface area contributed by atoms with Gasteiger partial charge in [-0.25, -0.2) is 9.97 Å². The van der Waals surface area contributed by atoms with E-state index >= 15 is 0 Å². The van der Waals surface area contributed by atoms with Crippen LogP contribution >= 0.6 is 15.9 Å². The number of ether oxygens (including phenoxy) is 2. The number of anilines is 1. The molecule has 0 aromatic carbocycles. The number of methoxy groups -OCH3 is 2. The van der Waals surface area contributed by atoms with E-state index in [2.05, 4.69) is 31.2 Å². The Balaban J connectivity index is 3.10. The van der Waals surface area contributed by atoms with Gasteiger partial charge in [0, 0.05) is 27.2 Å². The van der Waals surface area contributed by atoms with E-state index in [9.17, 15) is 0 Å². The van der Waals surface area contributed by atoms with Crippen molar-refractivity contribution in [3.8, 4) is 0 Å². The van der Waals surface area contributed by atoms with Gasteiger partial charge in [0.25, 0.3) is 0 Å². The zero-order valence-corrected chi connectivity index (χ0v) is 12.2. The SMILES string of the molecule is CNc1nc(C(C)COC)nc(COC)c1Br. The molecule has 1 aromatic heterocycles. The smallest absolute Gasteiger partial charge is 0.144 e. The molecule has 5 nitrogen and oxygen atoms in total. The maximum absolute atomic E-state index is 5.12. The second kappa shape index (κ2) is 6.88. The highest BCUT2D eigenvalue weighted by atomic mass is 79.9. The zero-order valence-electron chi connectivity index (χ0n) is 10.6. The molecule has 1 atom stereocenters. The average molecular weight is 304 g/mol. The molecule has 0 fully saturated rings. The largest absolute Gasteiger partial charge is 0.384 e. The van der Waals surface area contributed by atoms with Gasteiger partial charge in [0.05, 0.1) is 23.4 Å². The predicted molar refractivity (Wildman–Crippen MR) is 70.3 cm³/mol. The molecule has 0 amide bonds. The Morgan fingerprint density at radius 2 is 2.00 bits per heavy atom. The van der Waals surface area contributed by atoms with Crippen LogP contribution in [-0.4, -0.2) is 37.8 Å². The van der Waals surface area contributed by atoms with Crippen LogP contribution in [-0.2, 0) is 16.1 Å². The summed E-state index contributed by atoms with van der Waals surface area (Å²) in [6.45, 7) is 3.07. The highest BCUT2D eigenvalue weighted by Crippen LogP contribution is 2.26. The quantitative estimate of drug-likeness (QED) is 0.873. The van der Waals surface area contributed by atoms with Crippen molar-refractivity contribution in [3.63, 3.8) is 0 Å². The van der Waals surface area contributed by atoms with Gasteiger partial charge in [0.15, 0.2) is 0 Å². The van der Waals surface area contributed by atoms with Crippen molar-refractivity contribution in [1.29, 1.82) is 0 Å². The summed E-state index contributed by atoms with van der Waals surface area (Å²) in [6, 6.07) is 0. The second-order valence-corrected chi connectivity index (χ2v) is 4.52. The summed E-state index contributed by atoms with van der Waals surface area (Å²) < 4.78 is 11.1. The van der Waals surface area contributed by atoms with Gasteiger partial charge in [-0.2, -0.15) is 0 Å². The Kier molecular flexibility index (Phi) is 5.80. The average Bonchev–Trinajstić information content (AvgIpc) is 2.32. The summed E-state index contributed by atoms with van der Waals surface area (Å²) in [5.74, 6) is 1.67. The van der Waals surface area contributed by atoms with E-state index in [1.54, 1.807) is 14.2 Å². The monoisotopic (exact) mass is 303 g/mol. The number of rotatable bonds is 6. The predicted octanol–water partition coefficient (Wildman–Crippen LogP) is 2.18. The molecular weight excluding hydrogens is 286 g/mol. The van der Waals surface area contributed by atoms with Crippen molar-refractivity contribution in [1.82, 2.24) is 9.97 Å². The number of halogens is 1. The lowest BCUT2D eigenvalue weighted by molar-refractivity contribution is 0.175. The third kappa shape index (κ3) is 3.62. The lowest BCUT2D eigenvalue weighted by Gasteiger charge is -2.14. The normalized spacial score (nSPS) is 12.5. The molecule has 1 N–H and O–H groups in total. The van der Waals surface area contributed by atoms with Gasteiger partial charge in [0.1, 0.15) is 11.6 Å². The molecule has 0 spiro atoms. The Labute approximate surface area is 110 Å². The molecule has 96 valence electrons. The Hall–Kier alpha value is -0.720. The van der Waals surface area contributed by atoms with E-state index < -0.39 is 0 Å². The van der Waals surface area contributed by atoms with E-state index in [0.29, 0.717) is 13.2 Å². The van der Waals surface area contributed by atoms with Crippen LogP contribution in [0.4, 0.5) is 5.82 Å². The molecule has 17 heavy (non-hydrogen) atoms. The molecule has 0 aliphatic rings. The van der Waals surface area contributed by atoms with Gasteiger partial charge >= 0.3 is 0 Å². The summed E-state index contributed by atoms with van der Waals surface area (Å²) in [7, 11) is 5.14. The molecule has 1 heterocycles. The molecule has 1 rings (SSSR count). The van der Waals surface area contributed by atoms with Crippen molar-refractivity contribution in [2.75, 3.05) is 33.2 Å². The summed E-state index contributed by atoms with van der Waals surface area (Å²) >= 11 is 3.47. The van der Waals surface area contributed by atoms with Gasteiger partial charge in [-0.15, -0.1) is 0 Å². The van der Waals surface area contributed by atoms with Crippen LogP contribution in [0.2, 0.25) is 0 Å². The highest BCUT2D eigenvalue weighted by Gasteiger charge is 2.15. The summed E-state index contributed by atoms with van der Waals surface area (Å²) in [6.07, 6.45) is 0. The topological polar surface area (TPSA) is 56.3 Å². The number of nitrogens with zero attached hydrogens (tertiary/aromatic N) is 2. The van der Waals surface area contributed by atoms with Crippen molar-refractivity contribution in [2.24, 2.45) is 0 Å². The summed E-state index contributed by atoms with van der Waals surface area (Å²) in [4.78, 5) is 8.93. The molecule has 0 aliphatic heterocycles. The van der Waals surface area contributed by atoms with Crippen molar-refractivity contribution in [3.05, 3.63) is 16.0 Å². The summed E-state index contributed by atoms with van der Waals surface area (Å²) in [5, 5.41) is 3.04. The second-order valence-electron chi connectivity index (χ2n) is 3.73. The van der Waals surface area contributed by atoms with Gasteiger partial charge in [-0.3, -0.25) is 0 Å². The molecule has 0 radical (unpaired) electrons. The molecule has 6 heteroatoms. The zero-order chi connectivity index (χ0) is 12.8. The van der Waals surface area contributed by atoms with Crippen LogP contribution in [0.1, 0.15) is 24.4 Å². The Morgan fingerprint density at radius 3 is 2.53 bits per heavy atom. The maximum atomic E-state index is 5.12. The van der Waals surface area contributed by atoms with Gasteiger partial charge in [0.2, 0.25) is 0 Å². The Bertz CT molecular complexity index is 374. The van der Waals surface area contributed by atoms with Gasteiger partial charge < -0.3 is 14.8 Å². The molecule has 1 unspecified atom stereocenters. The summed E-state index contributed by atoms with van der Waals surface area (Å²) in [5.41, 5.74) is 0.838. The highest BCUT2D eigenvalue weighted by molar-refractivity contribution is 9.10. The van der Waals surface area contributed by atoms with Crippen LogP contribution in [0.15, 0.2) is 4.47 Å².